The molecule has 1 amide bonds. The molecule has 8 heteroatoms. The molecular weight excluding hydrogens is 373 g/mol. The number of ether oxygens (including phenoxy) is 1. The summed E-state index contributed by atoms with van der Waals surface area (Å²) in [5.41, 5.74) is -1.44. The third-order valence-corrected chi connectivity index (χ3v) is 6.37. The van der Waals surface area contributed by atoms with Crippen molar-refractivity contribution < 1.29 is 19.0 Å². The van der Waals surface area contributed by atoms with Crippen molar-refractivity contribution in [1.82, 2.24) is 10.3 Å². The van der Waals surface area contributed by atoms with Gasteiger partial charge in [0, 0.05) is 31.8 Å². The van der Waals surface area contributed by atoms with Crippen LogP contribution < -0.4 is 10.2 Å². The number of aromatic nitrogens is 1. The van der Waals surface area contributed by atoms with E-state index in [1.807, 2.05) is 11.8 Å². The number of amides is 1. The van der Waals surface area contributed by atoms with Crippen molar-refractivity contribution in [2.24, 2.45) is 5.92 Å². The van der Waals surface area contributed by atoms with Crippen molar-refractivity contribution in [3.8, 4) is 0 Å². The van der Waals surface area contributed by atoms with E-state index in [1.165, 1.54) is 12.3 Å². The first kappa shape index (κ1) is 18.9. The van der Waals surface area contributed by atoms with E-state index >= 15 is 0 Å². The van der Waals surface area contributed by atoms with Crippen molar-refractivity contribution in [2.75, 3.05) is 24.6 Å². The van der Waals surface area contributed by atoms with Crippen LogP contribution in [0, 0.1) is 11.7 Å². The summed E-state index contributed by atoms with van der Waals surface area (Å²) < 4.78 is 20.2. The van der Waals surface area contributed by atoms with Gasteiger partial charge < -0.3 is 20.1 Å². The largest absolute Gasteiger partial charge is 0.388 e. The highest BCUT2D eigenvalue weighted by molar-refractivity contribution is 6.30. The Labute approximate surface area is 163 Å². The zero-order chi connectivity index (χ0) is 19.2. The average molecular weight is 398 g/mol. The molecule has 27 heavy (non-hydrogen) atoms. The normalized spacial score (nSPS) is 30.4. The van der Waals surface area contributed by atoms with Gasteiger partial charge in [0.1, 0.15) is 6.10 Å². The molecule has 2 atom stereocenters. The maximum Gasteiger partial charge on any atom is 0.223 e. The van der Waals surface area contributed by atoms with Gasteiger partial charge in [0.2, 0.25) is 5.91 Å². The van der Waals surface area contributed by atoms with E-state index in [2.05, 4.69) is 10.3 Å². The number of nitrogens with one attached hydrogen (secondary N) is 1. The number of carbonyl (C=O) groups excluding carboxylic acids is 1. The molecule has 3 aliphatic rings. The molecule has 4 rings (SSSR count). The van der Waals surface area contributed by atoms with Gasteiger partial charge in [-0.2, -0.15) is 0 Å². The molecule has 6 nitrogen and oxygen atoms in total. The molecule has 3 fully saturated rings. The van der Waals surface area contributed by atoms with Crippen LogP contribution >= 0.6 is 11.6 Å². The highest BCUT2D eigenvalue weighted by Gasteiger charge is 2.54. The van der Waals surface area contributed by atoms with E-state index in [9.17, 15) is 14.3 Å². The van der Waals surface area contributed by atoms with Crippen molar-refractivity contribution in [3.63, 3.8) is 0 Å². The number of rotatable bonds is 3. The van der Waals surface area contributed by atoms with Gasteiger partial charge in [0.25, 0.3) is 0 Å². The van der Waals surface area contributed by atoms with Gasteiger partial charge in [-0.1, -0.05) is 11.6 Å². The van der Waals surface area contributed by atoms with E-state index in [0.717, 1.165) is 12.8 Å². The molecule has 148 valence electrons. The Hall–Kier alpha value is -1.44. The van der Waals surface area contributed by atoms with Crippen molar-refractivity contribution in [2.45, 2.75) is 56.3 Å². The van der Waals surface area contributed by atoms with Crippen LogP contribution in [0.2, 0.25) is 5.02 Å². The maximum absolute atomic E-state index is 14.2. The van der Waals surface area contributed by atoms with E-state index in [0.29, 0.717) is 39.0 Å². The van der Waals surface area contributed by atoms with E-state index in [4.69, 9.17) is 16.3 Å². The second-order valence-corrected chi connectivity index (χ2v) is 8.63. The van der Waals surface area contributed by atoms with Gasteiger partial charge in [0.05, 0.1) is 16.2 Å². The van der Waals surface area contributed by atoms with Gasteiger partial charge in [-0.25, -0.2) is 9.37 Å². The third-order valence-electron chi connectivity index (χ3n) is 6.17. The van der Waals surface area contributed by atoms with Gasteiger partial charge in [-0.3, -0.25) is 4.79 Å². The minimum Gasteiger partial charge on any atom is -0.388 e. The van der Waals surface area contributed by atoms with Crippen LogP contribution in [0.1, 0.15) is 39.0 Å². The van der Waals surface area contributed by atoms with Crippen molar-refractivity contribution in [3.05, 3.63) is 23.1 Å². The summed E-state index contributed by atoms with van der Waals surface area (Å²) in [6, 6.07) is 1.25. The predicted octanol–water partition coefficient (Wildman–Crippen LogP) is 2.28. The van der Waals surface area contributed by atoms with Crippen LogP contribution in [0.15, 0.2) is 12.3 Å². The number of carbonyl (C=O) groups is 1. The number of halogens is 2. The Bertz CT molecular complexity index is 737. The number of hydrogen-bond donors (Lipinski definition) is 2. The van der Waals surface area contributed by atoms with Gasteiger partial charge >= 0.3 is 0 Å². The minimum absolute atomic E-state index is 0.0264. The molecule has 2 aliphatic heterocycles. The monoisotopic (exact) mass is 397 g/mol. The molecule has 0 radical (unpaired) electrons. The van der Waals surface area contributed by atoms with Gasteiger partial charge in [-0.05, 0) is 45.1 Å². The fraction of sp³-hybridized carbons (Fsp3) is 0.684. The van der Waals surface area contributed by atoms with E-state index in [-0.39, 0.29) is 22.7 Å². The first-order valence-corrected chi connectivity index (χ1v) is 9.91. The summed E-state index contributed by atoms with van der Waals surface area (Å²) in [4.78, 5) is 18.2. The molecule has 1 aromatic heterocycles. The SMILES string of the molecule is C[C@]1(NC(=O)C2CC2)CCOC2(CCN(c3ncc(Cl)cc3F)CC2)[C@@H]1O. The minimum atomic E-state index is -0.813. The Morgan fingerprint density at radius 1 is 1.41 bits per heavy atom. The van der Waals surface area contributed by atoms with Crippen molar-refractivity contribution in [1.29, 1.82) is 0 Å². The van der Waals surface area contributed by atoms with Crippen LogP contribution in [-0.2, 0) is 9.53 Å². The van der Waals surface area contributed by atoms with Gasteiger partial charge in [-0.15, -0.1) is 0 Å². The number of pyridine rings is 1. The molecule has 3 heterocycles. The first-order valence-electron chi connectivity index (χ1n) is 9.53. The molecule has 1 spiro atoms. The summed E-state index contributed by atoms with van der Waals surface area (Å²) in [5.74, 6) is -0.0680. The molecule has 2 N–H and O–H groups in total. The van der Waals surface area contributed by atoms with Gasteiger partial charge in [0.15, 0.2) is 11.6 Å². The standard InChI is InChI=1S/C19H25ClFN3O3/c1-18(23-16(25)12-2-3-12)6-9-27-19(17(18)26)4-7-24(8-5-19)15-14(21)10-13(20)11-22-15/h10-12,17,26H,2-9H2,1H3,(H,23,25)/t17-,18+/m1/s1. The molecule has 0 aromatic carbocycles. The topological polar surface area (TPSA) is 74.7 Å². The molecule has 0 bridgehead atoms. The van der Waals surface area contributed by atoms with Crippen LogP contribution in [0.5, 0.6) is 0 Å². The van der Waals surface area contributed by atoms with Crippen LogP contribution in [0.3, 0.4) is 0 Å². The van der Waals surface area contributed by atoms with E-state index < -0.39 is 23.1 Å². The number of aliphatic hydroxyl groups excluding tert-OH is 1. The lowest BCUT2D eigenvalue weighted by Crippen LogP contribution is -2.69. The summed E-state index contributed by atoms with van der Waals surface area (Å²) in [6.07, 6.45) is 4.11. The fourth-order valence-electron chi connectivity index (χ4n) is 4.28. The quantitative estimate of drug-likeness (QED) is 0.818. The fourth-order valence-corrected chi connectivity index (χ4v) is 4.42. The maximum atomic E-state index is 14.2. The van der Waals surface area contributed by atoms with E-state index in [1.54, 1.807) is 0 Å². The Morgan fingerprint density at radius 3 is 2.74 bits per heavy atom. The lowest BCUT2D eigenvalue weighted by Gasteiger charge is -2.53. The average Bonchev–Trinajstić information content (AvgIpc) is 3.46. The predicted molar refractivity (Wildman–Crippen MR) is 99.2 cm³/mol. The molecule has 2 saturated heterocycles. The Balaban J connectivity index is 1.46. The lowest BCUT2D eigenvalue weighted by molar-refractivity contribution is -0.198. The zero-order valence-electron chi connectivity index (χ0n) is 15.4. The number of nitrogens with zero attached hydrogens (tertiary/aromatic N) is 2. The smallest absolute Gasteiger partial charge is 0.223 e. The third kappa shape index (κ3) is 3.52. The molecule has 1 aliphatic carbocycles. The lowest BCUT2D eigenvalue weighted by atomic mass is 9.73. The Kier molecular flexibility index (Phi) is 4.81. The highest BCUT2D eigenvalue weighted by atomic mass is 35.5. The molecule has 1 aromatic rings. The summed E-state index contributed by atoms with van der Waals surface area (Å²) >= 11 is 5.78. The van der Waals surface area contributed by atoms with Crippen molar-refractivity contribution >= 4 is 23.3 Å². The van der Waals surface area contributed by atoms with Crippen LogP contribution in [0.4, 0.5) is 10.2 Å². The molecule has 1 saturated carbocycles. The highest BCUT2D eigenvalue weighted by Crippen LogP contribution is 2.41. The summed E-state index contributed by atoms with van der Waals surface area (Å²) in [6.45, 7) is 3.39. The second kappa shape index (κ2) is 6.87. The molecule has 0 unspecified atom stereocenters. The van der Waals surface area contributed by atoms with Crippen LogP contribution in [-0.4, -0.2) is 52.9 Å². The number of piperidine rings is 1. The second-order valence-electron chi connectivity index (χ2n) is 8.19. The number of aliphatic hydroxyl groups is 1. The Morgan fingerprint density at radius 2 is 2.11 bits per heavy atom. The molecular formula is C19H25ClFN3O3. The number of anilines is 1. The number of hydrogen-bond acceptors (Lipinski definition) is 5. The summed E-state index contributed by atoms with van der Waals surface area (Å²) in [7, 11) is 0. The zero-order valence-corrected chi connectivity index (χ0v) is 16.1. The van der Waals surface area contributed by atoms with Crippen LogP contribution in [0.25, 0.3) is 0 Å². The summed E-state index contributed by atoms with van der Waals surface area (Å²) in [5, 5.41) is 14.5. The first-order chi connectivity index (χ1) is 12.8.